The summed E-state index contributed by atoms with van der Waals surface area (Å²) in [6, 6.07) is 0. The number of carbonyl (C=O) groups excluding carboxylic acids is 5. The van der Waals surface area contributed by atoms with Crippen LogP contribution < -0.4 is 15.8 Å². The summed E-state index contributed by atoms with van der Waals surface area (Å²) < 4.78 is 26.1. The van der Waals surface area contributed by atoms with Gasteiger partial charge in [0.15, 0.2) is 5.78 Å². The number of imide groups is 1. The van der Waals surface area contributed by atoms with E-state index in [9.17, 15) is 24.0 Å². The number of nitrogens with two attached hydrogens (primary N) is 1. The number of hydrogen-bond acceptors (Lipinski definition) is 12. The molecule has 0 radical (unpaired) electrons. The third kappa shape index (κ3) is 15.1. The van der Waals surface area contributed by atoms with Gasteiger partial charge in [0.2, 0.25) is 23.6 Å². The number of nitrogens with zero attached hydrogens (tertiary/aromatic N) is 1. The molecule has 1 unspecified atom stereocenters. The summed E-state index contributed by atoms with van der Waals surface area (Å²) in [6.07, 6.45) is 0.123. The average Bonchev–Trinajstić information content (AvgIpc) is 3.11. The lowest BCUT2D eigenvalue weighted by Crippen LogP contribution is -2.34. The van der Waals surface area contributed by atoms with Crippen molar-refractivity contribution in [2.45, 2.75) is 18.6 Å². The second-order valence-corrected chi connectivity index (χ2v) is 8.34. The van der Waals surface area contributed by atoms with Gasteiger partial charge >= 0.3 is 0 Å². The Bertz CT molecular complexity index is 712. The van der Waals surface area contributed by atoms with Gasteiger partial charge in [-0.05, 0) is 6.92 Å². The summed E-state index contributed by atoms with van der Waals surface area (Å²) in [7, 11) is 0. The summed E-state index contributed by atoms with van der Waals surface area (Å²) in [5, 5.41) is 10.1. The first kappa shape index (κ1) is 31.9. The van der Waals surface area contributed by atoms with E-state index < -0.39 is 5.25 Å². The van der Waals surface area contributed by atoms with Gasteiger partial charge in [-0.1, -0.05) is 11.9 Å². The second-order valence-electron chi connectivity index (χ2n) is 7.50. The van der Waals surface area contributed by atoms with E-state index in [1.54, 1.807) is 0 Å². The van der Waals surface area contributed by atoms with Gasteiger partial charge in [0, 0.05) is 19.5 Å². The Morgan fingerprint density at radius 1 is 0.833 bits per heavy atom. The molecule has 1 aliphatic heterocycles. The first-order valence-corrected chi connectivity index (χ1v) is 12.4. The Hall–Kier alpha value is -2.14. The van der Waals surface area contributed by atoms with Gasteiger partial charge in [-0.25, -0.2) is 0 Å². The van der Waals surface area contributed by atoms with Crippen LogP contribution in [-0.4, -0.2) is 125 Å². The predicted molar refractivity (Wildman–Crippen MR) is 128 cm³/mol. The van der Waals surface area contributed by atoms with Crippen molar-refractivity contribution in [3.8, 4) is 0 Å². The third-order valence-electron chi connectivity index (χ3n) is 4.48. The fourth-order valence-electron chi connectivity index (χ4n) is 2.77. The Morgan fingerprint density at radius 2 is 1.36 bits per heavy atom. The molecular formula is C21H36N4O10S. The quantitative estimate of drug-likeness (QED) is 0.0760. The minimum Gasteiger partial charge on any atom is -0.378 e. The van der Waals surface area contributed by atoms with Crippen molar-refractivity contribution in [3.05, 3.63) is 0 Å². The van der Waals surface area contributed by atoms with Crippen LogP contribution in [0.1, 0.15) is 13.3 Å². The molecule has 0 saturated carbocycles. The SMILES string of the molecule is CC(=O)COCC(=O)NCCOCCNC(=O)COCCOCCOCCN1C(=O)CC(SN)C1=O. The molecule has 1 heterocycles. The Morgan fingerprint density at radius 3 is 1.92 bits per heavy atom. The van der Waals surface area contributed by atoms with Crippen LogP contribution in [-0.2, 0) is 47.7 Å². The molecule has 0 spiro atoms. The lowest BCUT2D eigenvalue weighted by Gasteiger charge is -2.14. The lowest BCUT2D eigenvalue weighted by molar-refractivity contribution is -0.139. The van der Waals surface area contributed by atoms with E-state index in [-0.39, 0.29) is 102 Å². The minimum absolute atomic E-state index is 0.0969. The first-order chi connectivity index (χ1) is 17.3. The highest BCUT2D eigenvalue weighted by atomic mass is 32.2. The van der Waals surface area contributed by atoms with E-state index in [1.807, 2.05) is 0 Å². The largest absolute Gasteiger partial charge is 0.378 e. The number of carbonyl (C=O) groups is 5. The van der Waals surface area contributed by atoms with Crippen LogP contribution in [0.2, 0.25) is 0 Å². The van der Waals surface area contributed by atoms with E-state index in [0.29, 0.717) is 19.8 Å². The molecule has 0 aromatic rings. The van der Waals surface area contributed by atoms with Crippen LogP contribution in [0.25, 0.3) is 0 Å². The smallest absolute Gasteiger partial charge is 0.246 e. The number of ether oxygens (including phenoxy) is 5. The second kappa shape index (κ2) is 20.0. The van der Waals surface area contributed by atoms with Gasteiger partial charge in [0.25, 0.3) is 0 Å². The zero-order chi connectivity index (χ0) is 26.6. The van der Waals surface area contributed by atoms with Gasteiger partial charge in [-0.2, -0.15) is 0 Å². The Labute approximate surface area is 214 Å². The normalized spacial score (nSPS) is 15.4. The van der Waals surface area contributed by atoms with Gasteiger partial charge in [-0.15, -0.1) is 0 Å². The van der Waals surface area contributed by atoms with Crippen molar-refractivity contribution in [1.29, 1.82) is 0 Å². The number of ketones is 1. The van der Waals surface area contributed by atoms with Crippen LogP contribution in [0.3, 0.4) is 0 Å². The summed E-state index contributed by atoms with van der Waals surface area (Å²) in [5.74, 6) is -1.31. The number of nitrogens with one attached hydrogen (secondary N) is 2. The maximum Gasteiger partial charge on any atom is 0.246 e. The number of rotatable bonds is 22. The Balaban J connectivity index is 1.84. The molecule has 1 fully saturated rings. The lowest BCUT2D eigenvalue weighted by atomic mass is 10.4. The first-order valence-electron chi connectivity index (χ1n) is 11.5. The van der Waals surface area contributed by atoms with Crippen molar-refractivity contribution in [3.63, 3.8) is 0 Å². The fraction of sp³-hybridized carbons (Fsp3) is 0.762. The zero-order valence-electron chi connectivity index (χ0n) is 20.5. The molecule has 1 saturated heterocycles. The Kier molecular flexibility index (Phi) is 17.7. The van der Waals surface area contributed by atoms with Crippen LogP contribution in [0, 0.1) is 0 Å². The average molecular weight is 537 g/mol. The highest BCUT2D eigenvalue weighted by Gasteiger charge is 2.38. The topological polar surface area (TPSA) is 185 Å². The number of likely N-dealkylation sites (tertiary alicyclic amines) is 1. The molecule has 15 heteroatoms. The molecule has 0 aliphatic carbocycles. The molecule has 4 amide bonds. The molecular weight excluding hydrogens is 500 g/mol. The molecule has 14 nitrogen and oxygen atoms in total. The molecule has 4 N–H and O–H groups in total. The monoisotopic (exact) mass is 536 g/mol. The molecule has 1 rings (SSSR count). The summed E-state index contributed by atoms with van der Waals surface area (Å²) in [4.78, 5) is 58.5. The van der Waals surface area contributed by atoms with Crippen molar-refractivity contribution in [2.75, 3.05) is 85.7 Å². The van der Waals surface area contributed by atoms with Crippen LogP contribution in [0.15, 0.2) is 0 Å². The van der Waals surface area contributed by atoms with Crippen molar-refractivity contribution in [1.82, 2.24) is 15.5 Å². The molecule has 0 aromatic carbocycles. The predicted octanol–water partition coefficient (Wildman–Crippen LogP) is -2.37. The number of Topliss-reactive ketones (excluding diaryl/α,β-unsaturated/α-hetero) is 1. The van der Waals surface area contributed by atoms with Crippen LogP contribution in [0.4, 0.5) is 0 Å². The van der Waals surface area contributed by atoms with Gasteiger partial charge in [-0.3, -0.25) is 34.0 Å². The minimum atomic E-state index is -0.505. The van der Waals surface area contributed by atoms with E-state index in [2.05, 4.69) is 10.6 Å². The summed E-state index contributed by atoms with van der Waals surface area (Å²) in [6.45, 7) is 3.63. The van der Waals surface area contributed by atoms with Crippen molar-refractivity contribution >= 4 is 41.4 Å². The summed E-state index contributed by atoms with van der Waals surface area (Å²) >= 11 is 0.880. The molecule has 1 aliphatic rings. The van der Waals surface area contributed by atoms with E-state index in [0.717, 1.165) is 16.8 Å². The molecule has 206 valence electrons. The standard InChI is InChI=1S/C21H36N4O10S/c1-16(26)13-35-15-19(28)24-3-6-31-5-2-23-18(27)14-34-11-10-33-9-8-32-7-4-25-20(29)12-17(36-22)21(25)30/h17H,2-15,22H2,1H3,(H,23,27)(H,24,28). The van der Waals surface area contributed by atoms with Crippen LogP contribution in [0.5, 0.6) is 0 Å². The van der Waals surface area contributed by atoms with E-state index in [1.165, 1.54) is 6.92 Å². The zero-order valence-corrected chi connectivity index (χ0v) is 21.3. The van der Waals surface area contributed by atoms with Gasteiger partial charge < -0.3 is 34.3 Å². The van der Waals surface area contributed by atoms with Crippen LogP contribution >= 0.6 is 11.9 Å². The summed E-state index contributed by atoms with van der Waals surface area (Å²) in [5.41, 5.74) is 0. The van der Waals surface area contributed by atoms with Crippen molar-refractivity contribution < 1.29 is 47.7 Å². The molecule has 0 bridgehead atoms. The maximum absolute atomic E-state index is 11.9. The molecule has 0 aromatic heterocycles. The van der Waals surface area contributed by atoms with E-state index in [4.69, 9.17) is 28.8 Å². The maximum atomic E-state index is 11.9. The van der Waals surface area contributed by atoms with E-state index >= 15 is 0 Å². The highest BCUT2D eigenvalue weighted by Crippen LogP contribution is 2.20. The van der Waals surface area contributed by atoms with Crippen molar-refractivity contribution in [2.24, 2.45) is 5.14 Å². The highest BCUT2D eigenvalue weighted by molar-refractivity contribution is 7.98. The molecule has 36 heavy (non-hydrogen) atoms. The third-order valence-corrected chi connectivity index (χ3v) is 5.18. The molecule has 1 atom stereocenters. The fourth-order valence-corrected chi connectivity index (χ4v) is 3.25. The number of amides is 4. The van der Waals surface area contributed by atoms with Gasteiger partial charge in [0.05, 0.1) is 52.8 Å². The number of hydrogen-bond donors (Lipinski definition) is 3. The van der Waals surface area contributed by atoms with Gasteiger partial charge in [0.1, 0.15) is 25.1 Å².